The van der Waals surface area contributed by atoms with Crippen LogP contribution in [0, 0.1) is 18.3 Å². The Morgan fingerprint density at radius 1 is 1.14 bits per heavy atom. The molecule has 0 aromatic heterocycles. The summed E-state index contributed by atoms with van der Waals surface area (Å²) in [6.45, 7) is 3.46. The molecule has 0 saturated carbocycles. The lowest BCUT2D eigenvalue weighted by Crippen LogP contribution is -2.23. The van der Waals surface area contributed by atoms with E-state index in [9.17, 15) is 5.11 Å². The summed E-state index contributed by atoms with van der Waals surface area (Å²) in [7, 11) is 0. The Kier molecular flexibility index (Phi) is 5.51. The fourth-order valence-corrected chi connectivity index (χ4v) is 2.25. The number of benzene rings is 2. The molecular weight excluding hydrogens is 260 g/mol. The molecule has 0 aliphatic rings. The first-order valence-corrected chi connectivity index (χ1v) is 7.14. The smallest absolute Gasteiger partial charge is 0.0991 e. The Hall–Kier alpha value is -2.15. The highest BCUT2D eigenvalue weighted by atomic mass is 16.3. The van der Waals surface area contributed by atoms with Gasteiger partial charge in [-0.3, -0.25) is 0 Å². The molecule has 1 atom stereocenters. The van der Waals surface area contributed by atoms with E-state index in [4.69, 9.17) is 5.26 Å². The van der Waals surface area contributed by atoms with Gasteiger partial charge in [0.15, 0.2) is 0 Å². The number of nitriles is 1. The quantitative estimate of drug-likeness (QED) is 0.800. The van der Waals surface area contributed by atoms with Crippen molar-refractivity contribution in [2.45, 2.75) is 19.4 Å². The van der Waals surface area contributed by atoms with Gasteiger partial charge in [0, 0.05) is 6.54 Å². The number of aryl methyl sites for hydroxylation is 1. The van der Waals surface area contributed by atoms with E-state index < -0.39 is 6.10 Å². The Labute approximate surface area is 125 Å². The van der Waals surface area contributed by atoms with E-state index in [0.29, 0.717) is 12.1 Å². The van der Waals surface area contributed by atoms with Gasteiger partial charge in [-0.2, -0.15) is 5.26 Å². The molecule has 2 aromatic rings. The highest BCUT2D eigenvalue weighted by molar-refractivity contribution is 5.32. The maximum atomic E-state index is 10.1. The van der Waals surface area contributed by atoms with E-state index in [1.54, 1.807) is 24.3 Å². The average molecular weight is 280 g/mol. The summed E-state index contributed by atoms with van der Waals surface area (Å²) in [5, 5.41) is 22.1. The van der Waals surface area contributed by atoms with Gasteiger partial charge in [0.25, 0.3) is 0 Å². The highest BCUT2D eigenvalue weighted by Crippen LogP contribution is 2.13. The second-order valence-corrected chi connectivity index (χ2v) is 5.13. The zero-order valence-corrected chi connectivity index (χ0v) is 12.2. The number of aliphatic hydroxyl groups excluding tert-OH is 1. The molecule has 0 radical (unpaired) electrons. The third-order valence-electron chi connectivity index (χ3n) is 3.59. The molecule has 0 spiro atoms. The van der Waals surface area contributed by atoms with Crippen LogP contribution in [-0.2, 0) is 6.42 Å². The fourth-order valence-electron chi connectivity index (χ4n) is 2.25. The van der Waals surface area contributed by atoms with E-state index in [0.717, 1.165) is 18.5 Å². The normalized spacial score (nSPS) is 11.9. The third-order valence-corrected chi connectivity index (χ3v) is 3.59. The van der Waals surface area contributed by atoms with Crippen LogP contribution < -0.4 is 5.32 Å². The number of hydrogen-bond acceptors (Lipinski definition) is 3. The van der Waals surface area contributed by atoms with Crippen molar-refractivity contribution in [1.82, 2.24) is 5.32 Å². The molecule has 3 heteroatoms. The minimum atomic E-state index is -0.547. The van der Waals surface area contributed by atoms with Crippen LogP contribution in [0.25, 0.3) is 0 Å². The molecule has 21 heavy (non-hydrogen) atoms. The summed E-state index contributed by atoms with van der Waals surface area (Å²) < 4.78 is 0. The van der Waals surface area contributed by atoms with Gasteiger partial charge in [-0.25, -0.2) is 0 Å². The number of nitrogens with zero attached hydrogens (tertiary/aromatic N) is 1. The second kappa shape index (κ2) is 7.58. The molecule has 0 aliphatic heterocycles. The first kappa shape index (κ1) is 15.2. The maximum Gasteiger partial charge on any atom is 0.0991 e. The van der Waals surface area contributed by atoms with Gasteiger partial charge in [0.1, 0.15) is 0 Å². The highest BCUT2D eigenvalue weighted by Gasteiger charge is 2.06. The monoisotopic (exact) mass is 280 g/mol. The van der Waals surface area contributed by atoms with Crippen LogP contribution in [0.1, 0.15) is 28.4 Å². The lowest BCUT2D eigenvalue weighted by atomic mass is 10.1. The van der Waals surface area contributed by atoms with Gasteiger partial charge in [0.2, 0.25) is 0 Å². The fraction of sp³-hybridized carbons (Fsp3) is 0.278. The molecule has 0 amide bonds. The molecule has 0 aliphatic carbocycles. The van der Waals surface area contributed by atoms with Gasteiger partial charge in [-0.05, 0) is 48.7 Å². The van der Waals surface area contributed by atoms with Crippen LogP contribution in [-0.4, -0.2) is 18.2 Å². The molecular formula is C18H20N2O. The SMILES string of the molecule is Cc1ccccc1CCNCC(O)c1ccc(C#N)cc1. The van der Waals surface area contributed by atoms with Crippen molar-refractivity contribution in [3.8, 4) is 6.07 Å². The summed E-state index contributed by atoms with van der Waals surface area (Å²) in [4.78, 5) is 0. The van der Waals surface area contributed by atoms with E-state index in [1.165, 1.54) is 11.1 Å². The van der Waals surface area contributed by atoms with Crippen molar-refractivity contribution < 1.29 is 5.11 Å². The molecule has 2 N–H and O–H groups in total. The molecule has 1 unspecified atom stereocenters. The second-order valence-electron chi connectivity index (χ2n) is 5.13. The Morgan fingerprint density at radius 3 is 2.52 bits per heavy atom. The minimum Gasteiger partial charge on any atom is -0.387 e. The van der Waals surface area contributed by atoms with Gasteiger partial charge >= 0.3 is 0 Å². The summed E-state index contributed by atoms with van der Waals surface area (Å²) in [5.41, 5.74) is 4.07. The molecule has 0 bridgehead atoms. The van der Waals surface area contributed by atoms with E-state index in [2.05, 4.69) is 30.4 Å². The Morgan fingerprint density at radius 2 is 1.86 bits per heavy atom. The van der Waals surface area contributed by atoms with Gasteiger partial charge in [-0.15, -0.1) is 0 Å². The van der Waals surface area contributed by atoms with Crippen LogP contribution in [0.2, 0.25) is 0 Å². The number of aliphatic hydroxyl groups is 1. The van der Waals surface area contributed by atoms with Gasteiger partial charge in [-0.1, -0.05) is 36.4 Å². The molecule has 0 saturated heterocycles. The van der Waals surface area contributed by atoms with Crippen molar-refractivity contribution in [2.75, 3.05) is 13.1 Å². The zero-order valence-electron chi connectivity index (χ0n) is 12.2. The summed E-state index contributed by atoms with van der Waals surface area (Å²) in [6.07, 6.45) is 0.404. The topological polar surface area (TPSA) is 56.0 Å². The maximum absolute atomic E-state index is 10.1. The molecule has 0 fully saturated rings. The summed E-state index contributed by atoms with van der Waals surface area (Å²) in [5.74, 6) is 0. The average Bonchev–Trinajstić information content (AvgIpc) is 2.53. The predicted octanol–water partition coefficient (Wildman–Crippen LogP) is 2.73. The Bertz CT molecular complexity index is 614. The van der Waals surface area contributed by atoms with E-state index in [-0.39, 0.29) is 0 Å². The number of hydrogen-bond donors (Lipinski definition) is 2. The van der Waals surface area contributed by atoms with Crippen LogP contribution in [0.5, 0.6) is 0 Å². The first-order valence-electron chi connectivity index (χ1n) is 7.14. The van der Waals surface area contributed by atoms with Crippen molar-refractivity contribution in [2.24, 2.45) is 0 Å². The summed E-state index contributed by atoms with van der Waals surface area (Å²) in [6, 6.07) is 17.5. The number of nitrogens with one attached hydrogen (secondary N) is 1. The summed E-state index contributed by atoms with van der Waals surface area (Å²) >= 11 is 0. The molecule has 0 heterocycles. The van der Waals surface area contributed by atoms with Crippen molar-refractivity contribution >= 4 is 0 Å². The zero-order chi connectivity index (χ0) is 15.1. The van der Waals surface area contributed by atoms with E-state index in [1.807, 2.05) is 12.1 Å². The van der Waals surface area contributed by atoms with Crippen LogP contribution in [0.15, 0.2) is 48.5 Å². The van der Waals surface area contributed by atoms with Gasteiger partial charge < -0.3 is 10.4 Å². The van der Waals surface area contributed by atoms with Crippen molar-refractivity contribution in [3.05, 3.63) is 70.8 Å². The lowest BCUT2D eigenvalue weighted by molar-refractivity contribution is 0.175. The third kappa shape index (κ3) is 4.42. The molecule has 2 rings (SSSR count). The van der Waals surface area contributed by atoms with E-state index >= 15 is 0 Å². The molecule has 2 aromatic carbocycles. The molecule has 3 nitrogen and oxygen atoms in total. The van der Waals surface area contributed by atoms with Crippen LogP contribution in [0.3, 0.4) is 0 Å². The molecule has 108 valence electrons. The minimum absolute atomic E-state index is 0.512. The van der Waals surface area contributed by atoms with Crippen molar-refractivity contribution in [1.29, 1.82) is 5.26 Å². The van der Waals surface area contributed by atoms with Gasteiger partial charge in [0.05, 0.1) is 17.7 Å². The number of rotatable bonds is 6. The Balaban J connectivity index is 1.78. The van der Waals surface area contributed by atoms with Crippen LogP contribution >= 0.6 is 0 Å². The lowest BCUT2D eigenvalue weighted by Gasteiger charge is -2.13. The van der Waals surface area contributed by atoms with Crippen LogP contribution in [0.4, 0.5) is 0 Å². The predicted molar refractivity (Wildman–Crippen MR) is 83.9 cm³/mol. The van der Waals surface area contributed by atoms with Crippen molar-refractivity contribution in [3.63, 3.8) is 0 Å². The standard InChI is InChI=1S/C18H20N2O/c1-14-4-2-3-5-16(14)10-11-20-13-18(21)17-8-6-15(12-19)7-9-17/h2-9,18,20-21H,10-11,13H2,1H3. The largest absolute Gasteiger partial charge is 0.387 e. The first-order chi connectivity index (χ1) is 10.2.